The molecule has 4 atom stereocenters. The number of aliphatic hydroxyl groups is 1. The Hall–Kier alpha value is -2.32. The molecule has 8 nitrogen and oxygen atoms in total. The fourth-order valence-electron chi connectivity index (χ4n) is 6.31. The molecule has 8 heteroatoms. The lowest BCUT2D eigenvalue weighted by Gasteiger charge is -2.37. The Kier molecular flexibility index (Phi) is 7.78. The average Bonchev–Trinajstić information content (AvgIpc) is 3.22. The van der Waals surface area contributed by atoms with Crippen LogP contribution in [-0.2, 0) is 9.53 Å². The number of hydrogen-bond acceptors (Lipinski definition) is 5. The number of carbonyl (C=O) groups is 2. The Balaban J connectivity index is 1.22. The number of fused-ring (bicyclic) bond motifs is 3. The third-order valence-electron chi connectivity index (χ3n) is 8.08. The first-order valence-corrected chi connectivity index (χ1v) is 13.5. The van der Waals surface area contributed by atoms with Gasteiger partial charge in [-0.15, -0.1) is 0 Å². The van der Waals surface area contributed by atoms with Crippen LogP contribution < -0.4 is 20.7 Å². The molecule has 1 saturated heterocycles. The van der Waals surface area contributed by atoms with E-state index in [1.165, 1.54) is 25.7 Å². The smallest absolute Gasteiger partial charge is 0.319 e. The Bertz CT molecular complexity index is 897. The molecule has 2 aliphatic carbocycles. The molecule has 5 rings (SSSR count). The fraction of sp³-hybridized carbons (Fsp3) is 0.704. The van der Waals surface area contributed by atoms with Gasteiger partial charge in [-0.1, -0.05) is 38.5 Å². The highest BCUT2D eigenvalue weighted by Crippen LogP contribution is 2.47. The van der Waals surface area contributed by atoms with E-state index in [0.717, 1.165) is 55.5 Å². The van der Waals surface area contributed by atoms with Crippen LogP contribution in [0.15, 0.2) is 18.2 Å². The third kappa shape index (κ3) is 5.92. The summed E-state index contributed by atoms with van der Waals surface area (Å²) in [6.07, 6.45) is 11.2. The molecule has 2 aliphatic heterocycles. The van der Waals surface area contributed by atoms with E-state index in [4.69, 9.17) is 9.47 Å². The first-order chi connectivity index (χ1) is 17.1. The predicted molar refractivity (Wildman–Crippen MR) is 133 cm³/mol. The molecule has 0 radical (unpaired) electrons. The Morgan fingerprint density at radius 1 is 0.943 bits per heavy atom. The van der Waals surface area contributed by atoms with Crippen LogP contribution in [0, 0.1) is 0 Å². The maximum Gasteiger partial charge on any atom is 0.319 e. The van der Waals surface area contributed by atoms with E-state index in [1.54, 1.807) is 0 Å². The van der Waals surface area contributed by atoms with Gasteiger partial charge in [0, 0.05) is 29.3 Å². The van der Waals surface area contributed by atoms with Crippen LogP contribution in [0.1, 0.15) is 88.5 Å². The average molecular weight is 486 g/mol. The molecule has 0 aromatic heterocycles. The van der Waals surface area contributed by atoms with Gasteiger partial charge in [0.15, 0.2) is 0 Å². The van der Waals surface area contributed by atoms with Crippen LogP contribution in [0.5, 0.6) is 5.75 Å². The molecule has 0 bridgehead atoms. The largest absolute Gasteiger partial charge is 0.487 e. The summed E-state index contributed by atoms with van der Waals surface area (Å²) in [5, 5.41) is 19.2. The molecule has 4 aliphatic rings. The Morgan fingerprint density at radius 2 is 1.63 bits per heavy atom. The number of hydrogen-bond donors (Lipinski definition) is 4. The van der Waals surface area contributed by atoms with Crippen molar-refractivity contribution in [3.63, 3.8) is 0 Å². The first-order valence-electron chi connectivity index (χ1n) is 13.5. The quantitative estimate of drug-likeness (QED) is 0.488. The maximum atomic E-state index is 12.7. The van der Waals surface area contributed by atoms with Crippen molar-refractivity contribution in [2.45, 2.75) is 113 Å². The second-order valence-corrected chi connectivity index (χ2v) is 10.7. The summed E-state index contributed by atoms with van der Waals surface area (Å²) in [5.41, 5.74) is 1.73. The zero-order chi connectivity index (χ0) is 24.2. The van der Waals surface area contributed by atoms with Crippen molar-refractivity contribution in [1.29, 1.82) is 0 Å². The SMILES string of the molecule is O=C(C[C@H]1C[C@H]2c3cc(NC(=O)NC4CCCCC4)ccc3O[C@H]2[C@@H](CO)O1)NC1CCCCC1. The lowest BCUT2D eigenvalue weighted by Crippen LogP contribution is -2.48. The molecule has 35 heavy (non-hydrogen) atoms. The van der Waals surface area contributed by atoms with Gasteiger partial charge < -0.3 is 30.5 Å². The van der Waals surface area contributed by atoms with E-state index < -0.39 is 6.10 Å². The molecule has 2 heterocycles. The van der Waals surface area contributed by atoms with Crippen molar-refractivity contribution in [3.8, 4) is 5.75 Å². The maximum absolute atomic E-state index is 12.7. The van der Waals surface area contributed by atoms with E-state index in [-0.39, 0.29) is 55.2 Å². The number of urea groups is 1. The fourth-order valence-corrected chi connectivity index (χ4v) is 6.31. The van der Waals surface area contributed by atoms with Crippen LogP contribution in [-0.4, -0.2) is 54.0 Å². The lowest BCUT2D eigenvalue weighted by molar-refractivity contribution is -0.142. The van der Waals surface area contributed by atoms with Gasteiger partial charge in [-0.3, -0.25) is 4.79 Å². The number of rotatable bonds is 6. The van der Waals surface area contributed by atoms with Crippen molar-refractivity contribution in [2.24, 2.45) is 0 Å². The second-order valence-electron chi connectivity index (χ2n) is 10.7. The van der Waals surface area contributed by atoms with Crippen molar-refractivity contribution >= 4 is 17.6 Å². The monoisotopic (exact) mass is 485 g/mol. The van der Waals surface area contributed by atoms with Crippen LogP contribution in [0.25, 0.3) is 0 Å². The minimum atomic E-state index is -0.486. The number of benzene rings is 1. The minimum Gasteiger partial charge on any atom is -0.487 e. The summed E-state index contributed by atoms with van der Waals surface area (Å²) in [6, 6.07) is 6.03. The van der Waals surface area contributed by atoms with Crippen molar-refractivity contribution < 1.29 is 24.2 Å². The van der Waals surface area contributed by atoms with Crippen LogP contribution in [0.3, 0.4) is 0 Å². The number of amides is 3. The molecule has 1 aromatic carbocycles. The summed E-state index contributed by atoms with van der Waals surface area (Å²) >= 11 is 0. The molecule has 3 amide bonds. The molecule has 2 saturated carbocycles. The van der Waals surface area contributed by atoms with Crippen molar-refractivity contribution in [3.05, 3.63) is 23.8 Å². The minimum absolute atomic E-state index is 0.00605. The summed E-state index contributed by atoms with van der Waals surface area (Å²) in [7, 11) is 0. The highest BCUT2D eigenvalue weighted by atomic mass is 16.6. The zero-order valence-corrected chi connectivity index (χ0v) is 20.5. The normalized spacial score (nSPS) is 28.9. The van der Waals surface area contributed by atoms with Gasteiger partial charge in [-0.25, -0.2) is 4.79 Å². The number of aliphatic hydroxyl groups excluding tert-OH is 1. The molecule has 1 aromatic rings. The molecule has 192 valence electrons. The van der Waals surface area contributed by atoms with Crippen molar-refractivity contribution in [1.82, 2.24) is 10.6 Å². The summed E-state index contributed by atoms with van der Waals surface area (Å²) in [6.45, 7) is -0.162. The van der Waals surface area contributed by atoms with E-state index >= 15 is 0 Å². The van der Waals surface area contributed by atoms with Gasteiger partial charge in [0.2, 0.25) is 5.91 Å². The summed E-state index contributed by atoms with van der Waals surface area (Å²) in [5.74, 6) is 0.783. The highest BCUT2D eigenvalue weighted by Gasteiger charge is 2.46. The number of carbonyl (C=O) groups excluding carboxylic acids is 2. The molecular formula is C27H39N3O5. The predicted octanol–water partition coefficient (Wildman–Crippen LogP) is 3.97. The zero-order valence-electron chi connectivity index (χ0n) is 20.5. The van der Waals surface area contributed by atoms with Gasteiger partial charge in [-0.2, -0.15) is 0 Å². The van der Waals surface area contributed by atoms with E-state index in [2.05, 4.69) is 16.0 Å². The number of anilines is 1. The molecule has 4 N–H and O–H groups in total. The van der Waals surface area contributed by atoms with Gasteiger partial charge in [-0.05, 0) is 50.3 Å². The summed E-state index contributed by atoms with van der Waals surface area (Å²) < 4.78 is 12.3. The van der Waals surface area contributed by atoms with Crippen molar-refractivity contribution in [2.75, 3.05) is 11.9 Å². The number of nitrogens with one attached hydrogen (secondary N) is 3. The Morgan fingerprint density at radius 3 is 2.31 bits per heavy atom. The molecular weight excluding hydrogens is 446 g/mol. The Labute approximate surface area is 207 Å². The molecule has 0 spiro atoms. The van der Waals surface area contributed by atoms with Crippen LogP contribution >= 0.6 is 0 Å². The number of ether oxygens (including phenoxy) is 2. The van der Waals surface area contributed by atoms with Crippen LogP contribution in [0.4, 0.5) is 10.5 Å². The highest BCUT2D eigenvalue weighted by molar-refractivity contribution is 5.89. The lowest BCUT2D eigenvalue weighted by atomic mass is 9.84. The summed E-state index contributed by atoms with van der Waals surface area (Å²) in [4.78, 5) is 25.3. The second kappa shape index (κ2) is 11.2. The standard InChI is InChI=1S/C27H39N3O5/c31-16-24-26-22(14-20(34-24)15-25(32)28-17-7-3-1-4-8-17)21-13-19(11-12-23(21)35-26)30-27(33)29-18-9-5-2-6-10-18/h11-13,17-18,20,22,24,26,31H,1-10,14-16H2,(H,28,32)(H2,29,30,33)/t20-,22+,24-,26-/m1/s1. The first kappa shape index (κ1) is 24.4. The van der Waals surface area contributed by atoms with Crippen LogP contribution in [0.2, 0.25) is 0 Å². The topological polar surface area (TPSA) is 109 Å². The van der Waals surface area contributed by atoms with E-state index in [9.17, 15) is 14.7 Å². The van der Waals surface area contributed by atoms with Gasteiger partial charge >= 0.3 is 6.03 Å². The molecule has 3 fully saturated rings. The molecule has 0 unspecified atom stereocenters. The van der Waals surface area contributed by atoms with Gasteiger partial charge in [0.05, 0.1) is 19.1 Å². The van der Waals surface area contributed by atoms with E-state index in [0.29, 0.717) is 6.42 Å². The van der Waals surface area contributed by atoms with E-state index in [1.807, 2.05) is 18.2 Å². The third-order valence-corrected chi connectivity index (χ3v) is 8.08. The van der Waals surface area contributed by atoms with Gasteiger partial charge in [0.25, 0.3) is 0 Å². The van der Waals surface area contributed by atoms with Gasteiger partial charge in [0.1, 0.15) is 18.0 Å².